The average molecular weight is 451 g/mol. The molecule has 3 aromatic rings. The standard InChI is InChI=1S/C23H22N4O4S/c1-2-14-24-32(30,31)21-13-6-8-17(15-21)22(28)25-19-11-7-12-20(16-19)27-23(29)26-18-9-4-3-5-10-18/h2-13,15-16,24H,1,14H2,(H,25,28)(H2,26,27,29). The van der Waals surface area contributed by atoms with Crippen LogP contribution in [-0.4, -0.2) is 26.9 Å². The molecule has 32 heavy (non-hydrogen) atoms. The third kappa shape index (κ3) is 6.27. The van der Waals surface area contributed by atoms with Crippen molar-refractivity contribution in [2.75, 3.05) is 22.5 Å². The molecule has 3 aromatic carbocycles. The number of hydrogen-bond donors (Lipinski definition) is 4. The number of anilines is 3. The average Bonchev–Trinajstić information content (AvgIpc) is 2.78. The van der Waals surface area contributed by atoms with Gasteiger partial charge in [0.25, 0.3) is 5.91 Å². The fourth-order valence-corrected chi connectivity index (χ4v) is 3.79. The van der Waals surface area contributed by atoms with Crippen LogP contribution in [0.5, 0.6) is 0 Å². The molecule has 164 valence electrons. The van der Waals surface area contributed by atoms with E-state index in [-0.39, 0.29) is 17.0 Å². The predicted octanol–water partition coefficient (Wildman–Crippen LogP) is 4.05. The van der Waals surface area contributed by atoms with Crippen LogP contribution < -0.4 is 20.7 Å². The lowest BCUT2D eigenvalue weighted by Crippen LogP contribution is -2.24. The van der Waals surface area contributed by atoms with Crippen molar-refractivity contribution in [3.63, 3.8) is 0 Å². The molecule has 9 heteroatoms. The van der Waals surface area contributed by atoms with E-state index in [9.17, 15) is 18.0 Å². The molecule has 0 aliphatic rings. The molecule has 4 N–H and O–H groups in total. The SMILES string of the molecule is C=CCNS(=O)(=O)c1cccc(C(=O)Nc2cccc(NC(=O)Nc3ccccc3)c2)c1. The van der Waals surface area contributed by atoms with Gasteiger partial charge in [-0.05, 0) is 48.5 Å². The van der Waals surface area contributed by atoms with Crippen molar-refractivity contribution in [2.24, 2.45) is 0 Å². The summed E-state index contributed by atoms with van der Waals surface area (Å²) in [5.74, 6) is -0.489. The minimum absolute atomic E-state index is 0.0278. The molecule has 0 atom stereocenters. The fraction of sp³-hybridized carbons (Fsp3) is 0.0435. The van der Waals surface area contributed by atoms with E-state index in [1.807, 2.05) is 18.2 Å². The molecule has 0 bridgehead atoms. The number of carbonyl (C=O) groups is 2. The Kier molecular flexibility index (Phi) is 7.37. The molecule has 0 aliphatic heterocycles. The lowest BCUT2D eigenvalue weighted by Gasteiger charge is -2.11. The zero-order valence-corrected chi connectivity index (χ0v) is 17.9. The third-order valence-corrected chi connectivity index (χ3v) is 5.66. The van der Waals surface area contributed by atoms with Crippen molar-refractivity contribution >= 4 is 39.0 Å². The molecule has 0 fully saturated rings. The maximum Gasteiger partial charge on any atom is 0.323 e. The minimum atomic E-state index is -3.75. The maximum atomic E-state index is 12.6. The Morgan fingerprint density at radius 2 is 1.41 bits per heavy atom. The van der Waals surface area contributed by atoms with E-state index in [1.165, 1.54) is 30.3 Å². The Morgan fingerprint density at radius 3 is 2.12 bits per heavy atom. The normalized spacial score (nSPS) is 10.8. The van der Waals surface area contributed by atoms with Crippen LogP contribution in [0.15, 0.2) is 96.4 Å². The van der Waals surface area contributed by atoms with E-state index in [1.54, 1.807) is 36.4 Å². The molecule has 0 aromatic heterocycles. The van der Waals surface area contributed by atoms with Crippen LogP contribution >= 0.6 is 0 Å². The zero-order chi connectivity index (χ0) is 23.0. The van der Waals surface area contributed by atoms with Gasteiger partial charge in [0.1, 0.15) is 0 Å². The Bertz CT molecular complexity index is 1230. The monoisotopic (exact) mass is 450 g/mol. The highest BCUT2D eigenvalue weighted by Crippen LogP contribution is 2.18. The van der Waals surface area contributed by atoms with Crippen molar-refractivity contribution in [2.45, 2.75) is 4.90 Å². The summed E-state index contributed by atoms with van der Waals surface area (Å²) in [6, 6.07) is 20.8. The number of para-hydroxylation sites is 1. The number of amides is 3. The van der Waals surface area contributed by atoms with E-state index in [0.29, 0.717) is 17.1 Å². The molecule has 3 amide bonds. The highest BCUT2D eigenvalue weighted by atomic mass is 32.2. The number of urea groups is 1. The van der Waals surface area contributed by atoms with Crippen LogP contribution in [0, 0.1) is 0 Å². The predicted molar refractivity (Wildman–Crippen MR) is 125 cm³/mol. The van der Waals surface area contributed by atoms with Gasteiger partial charge in [-0.1, -0.05) is 36.4 Å². The number of carbonyl (C=O) groups excluding carboxylic acids is 2. The van der Waals surface area contributed by atoms with Crippen LogP contribution in [-0.2, 0) is 10.0 Å². The molecule has 0 saturated carbocycles. The van der Waals surface area contributed by atoms with E-state index in [0.717, 1.165) is 0 Å². The fourth-order valence-electron chi connectivity index (χ4n) is 2.75. The molecular weight excluding hydrogens is 428 g/mol. The van der Waals surface area contributed by atoms with E-state index >= 15 is 0 Å². The molecule has 8 nitrogen and oxygen atoms in total. The van der Waals surface area contributed by atoms with Crippen LogP contribution in [0.4, 0.5) is 21.9 Å². The Balaban J connectivity index is 1.67. The number of benzene rings is 3. The van der Waals surface area contributed by atoms with E-state index in [2.05, 4.69) is 27.3 Å². The number of hydrogen-bond acceptors (Lipinski definition) is 4. The van der Waals surface area contributed by atoms with Crippen LogP contribution in [0.3, 0.4) is 0 Å². The topological polar surface area (TPSA) is 116 Å². The first-order valence-corrected chi connectivity index (χ1v) is 11.1. The summed E-state index contributed by atoms with van der Waals surface area (Å²) in [5.41, 5.74) is 1.73. The molecular formula is C23H22N4O4S. The van der Waals surface area contributed by atoms with Gasteiger partial charge in [-0.25, -0.2) is 17.9 Å². The van der Waals surface area contributed by atoms with Gasteiger partial charge in [0.2, 0.25) is 10.0 Å². The summed E-state index contributed by atoms with van der Waals surface area (Å²) in [5, 5.41) is 8.10. The number of rotatable bonds is 8. The highest BCUT2D eigenvalue weighted by molar-refractivity contribution is 7.89. The van der Waals surface area contributed by atoms with E-state index < -0.39 is 22.0 Å². The van der Waals surface area contributed by atoms with Gasteiger partial charge in [-0.2, -0.15) is 0 Å². The summed E-state index contributed by atoms with van der Waals surface area (Å²) in [6.07, 6.45) is 1.43. The molecule has 3 rings (SSSR count). The minimum Gasteiger partial charge on any atom is -0.322 e. The first kappa shape index (κ1) is 22.7. The van der Waals surface area contributed by atoms with Gasteiger partial charge in [0, 0.05) is 29.2 Å². The lowest BCUT2D eigenvalue weighted by molar-refractivity contribution is 0.102. The Morgan fingerprint density at radius 1 is 0.781 bits per heavy atom. The van der Waals surface area contributed by atoms with Crippen LogP contribution in [0.25, 0.3) is 0 Å². The van der Waals surface area contributed by atoms with Crippen LogP contribution in [0.2, 0.25) is 0 Å². The molecule has 0 saturated heterocycles. The summed E-state index contributed by atoms with van der Waals surface area (Å²) in [7, 11) is -3.75. The summed E-state index contributed by atoms with van der Waals surface area (Å²) in [6.45, 7) is 3.55. The molecule has 0 heterocycles. The quantitative estimate of drug-likeness (QED) is 0.388. The Labute approximate surface area is 186 Å². The van der Waals surface area contributed by atoms with Gasteiger partial charge in [0.15, 0.2) is 0 Å². The molecule has 0 radical (unpaired) electrons. The van der Waals surface area contributed by atoms with Gasteiger partial charge < -0.3 is 16.0 Å². The second-order valence-corrected chi connectivity index (χ2v) is 8.42. The first-order valence-electron chi connectivity index (χ1n) is 9.62. The molecule has 0 unspecified atom stereocenters. The lowest BCUT2D eigenvalue weighted by atomic mass is 10.2. The summed E-state index contributed by atoms with van der Waals surface area (Å²) < 4.78 is 26.9. The van der Waals surface area contributed by atoms with Crippen molar-refractivity contribution in [1.82, 2.24) is 4.72 Å². The van der Waals surface area contributed by atoms with Crippen molar-refractivity contribution < 1.29 is 18.0 Å². The number of sulfonamides is 1. The second kappa shape index (κ2) is 10.4. The van der Waals surface area contributed by atoms with Gasteiger partial charge in [0.05, 0.1) is 4.90 Å². The van der Waals surface area contributed by atoms with Crippen molar-refractivity contribution in [1.29, 1.82) is 0 Å². The largest absolute Gasteiger partial charge is 0.323 e. The second-order valence-electron chi connectivity index (χ2n) is 6.65. The maximum absolute atomic E-state index is 12.6. The first-order chi connectivity index (χ1) is 15.4. The van der Waals surface area contributed by atoms with Gasteiger partial charge in [-0.15, -0.1) is 6.58 Å². The van der Waals surface area contributed by atoms with Gasteiger partial charge >= 0.3 is 6.03 Å². The van der Waals surface area contributed by atoms with E-state index in [4.69, 9.17) is 0 Å². The zero-order valence-electron chi connectivity index (χ0n) is 17.0. The molecule has 0 spiro atoms. The molecule has 0 aliphatic carbocycles. The third-order valence-electron chi connectivity index (χ3n) is 4.23. The summed E-state index contributed by atoms with van der Waals surface area (Å²) >= 11 is 0. The summed E-state index contributed by atoms with van der Waals surface area (Å²) in [4.78, 5) is 24.8. The number of nitrogens with one attached hydrogen (secondary N) is 4. The highest BCUT2D eigenvalue weighted by Gasteiger charge is 2.15. The van der Waals surface area contributed by atoms with Crippen molar-refractivity contribution in [3.05, 3.63) is 97.1 Å². The van der Waals surface area contributed by atoms with Gasteiger partial charge in [-0.3, -0.25) is 4.79 Å². The van der Waals surface area contributed by atoms with Crippen LogP contribution in [0.1, 0.15) is 10.4 Å². The Hall–Kier alpha value is -3.95. The van der Waals surface area contributed by atoms with Crippen molar-refractivity contribution in [3.8, 4) is 0 Å². The smallest absolute Gasteiger partial charge is 0.322 e.